The van der Waals surface area contributed by atoms with Crippen molar-refractivity contribution in [2.45, 2.75) is 63.2 Å². The quantitative estimate of drug-likeness (QED) is 0.811. The molecule has 8 nitrogen and oxygen atoms in total. The number of nitrogens with one attached hydrogen (secondary N) is 1. The molecule has 2 aromatic rings. The van der Waals surface area contributed by atoms with Gasteiger partial charge in [0.2, 0.25) is 10.0 Å². The van der Waals surface area contributed by atoms with E-state index in [-0.39, 0.29) is 5.25 Å². The predicted molar refractivity (Wildman–Crippen MR) is 105 cm³/mol. The summed E-state index contributed by atoms with van der Waals surface area (Å²) in [6, 6.07) is 0. The van der Waals surface area contributed by atoms with Crippen LogP contribution in [-0.2, 0) is 16.6 Å². The van der Waals surface area contributed by atoms with E-state index in [2.05, 4.69) is 24.7 Å². The number of rotatable bonds is 6. The Hall–Kier alpha value is -1.74. The smallest absolute Gasteiger partial charge is 0.236 e. The zero-order chi connectivity index (χ0) is 18.7. The van der Waals surface area contributed by atoms with Crippen molar-refractivity contribution in [1.29, 1.82) is 0 Å². The third kappa shape index (κ3) is 4.24. The Balaban J connectivity index is 1.50. The Morgan fingerprint density at radius 2 is 1.74 bits per heavy atom. The molecule has 0 radical (unpaired) electrons. The molecule has 3 heterocycles. The maximum absolute atomic E-state index is 12.7. The first-order valence-electron chi connectivity index (χ1n) is 10.0. The molecule has 1 aliphatic carbocycles. The molecule has 1 N–H and O–H groups in total. The first-order valence-corrected chi connectivity index (χ1v) is 11.6. The van der Waals surface area contributed by atoms with Gasteiger partial charge in [0.15, 0.2) is 11.5 Å². The maximum atomic E-state index is 12.7. The van der Waals surface area contributed by atoms with Gasteiger partial charge in [-0.2, -0.15) is 5.10 Å². The third-order valence-corrected chi connectivity index (χ3v) is 7.57. The van der Waals surface area contributed by atoms with Crippen LogP contribution in [0.4, 0.5) is 5.82 Å². The number of hydrogen-bond donors (Lipinski definition) is 1. The summed E-state index contributed by atoms with van der Waals surface area (Å²) in [5, 5.41) is 4.77. The van der Waals surface area contributed by atoms with E-state index in [0.717, 1.165) is 58.3 Å². The number of nitrogens with zero attached hydrogens (tertiary/aromatic N) is 5. The molecular weight excluding hydrogens is 364 g/mol. The minimum absolute atomic E-state index is 0.328. The molecule has 0 amide bonds. The van der Waals surface area contributed by atoms with E-state index in [1.807, 2.05) is 4.68 Å². The standard InChI is InChI=1S/C18H28N6O2S/c25-27(26,15-7-3-1-4-8-15)22-17-16-13-21-24(18(16)20-14-19-17)12-11-23-9-5-2-6-10-23/h13-15H,1-12H2,(H,19,20,22). The van der Waals surface area contributed by atoms with Gasteiger partial charge in [-0.25, -0.2) is 23.1 Å². The lowest BCUT2D eigenvalue weighted by molar-refractivity contribution is 0.219. The fourth-order valence-corrected chi connectivity index (χ4v) is 5.70. The van der Waals surface area contributed by atoms with E-state index in [1.54, 1.807) is 6.20 Å². The number of fused-ring (bicyclic) bond motifs is 1. The van der Waals surface area contributed by atoms with Gasteiger partial charge in [0.1, 0.15) is 6.33 Å². The van der Waals surface area contributed by atoms with Crippen LogP contribution in [0.15, 0.2) is 12.5 Å². The van der Waals surface area contributed by atoms with Gasteiger partial charge in [-0.05, 0) is 38.8 Å². The highest BCUT2D eigenvalue weighted by Crippen LogP contribution is 2.27. The highest BCUT2D eigenvalue weighted by Gasteiger charge is 2.28. The Morgan fingerprint density at radius 1 is 1.00 bits per heavy atom. The first kappa shape index (κ1) is 18.6. The minimum Gasteiger partial charge on any atom is -0.301 e. The van der Waals surface area contributed by atoms with Gasteiger partial charge >= 0.3 is 0 Å². The van der Waals surface area contributed by atoms with Gasteiger partial charge in [-0.3, -0.25) is 4.72 Å². The molecule has 0 aromatic carbocycles. The number of aromatic nitrogens is 4. The van der Waals surface area contributed by atoms with Crippen molar-refractivity contribution in [1.82, 2.24) is 24.6 Å². The number of anilines is 1. The summed E-state index contributed by atoms with van der Waals surface area (Å²) in [5.74, 6) is 0.342. The molecule has 148 valence electrons. The lowest BCUT2D eigenvalue weighted by Gasteiger charge is -2.26. The highest BCUT2D eigenvalue weighted by atomic mass is 32.2. The summed E-state index contributed by atoms with van der Waals surface area (Å²) in [5.41, 5.74) is 0.684. The van der Waals surface area contributed by atoms with Crippen LogP contribution in [0.2, 0.25) is 0 Å². The molecule has 0 bridgehead atoms. The zero-order valence-corrected chi connectivity index (χ0v) is 16.5. The van der Waals surface area contributed by atoms with E-state index >= 15 is 0 Å². The molecule has 2 aliphatic rings. The molecule has 1 saturated heterocycles. The van der Waals surface area contributed by atoms with Crippen molar-refractivity contribution < 1.29 is 8.42 Å². The monoisotopic (exact) mass is 392 g/mol. The van der Waals surface area contributed by atoms with Crippen LogP contribution in [0.5, 0.6) is 0 Å². The maximum Gasteiger partial charge on any atom is 0.236 e. The summed E-state index contributed by atoms with van der Waals surface area (Å²) in [6.07, 6.45) is 11.4. The summed E-state index contributed by atoms with van der Waals surface area (Å²) in [7, 11) is -3.43. The Bertz CT molecular complexity index is 869. The summed E-state index contributed by atoms with van der Waals surface area (Å²) in [4.78, 5) is 11.0. The zero-order valence-electron chi connectivity index (χ0n) is 15.7. The number of piperidine rings is 1. The lowest BCUT2D eigenvalue weighted by atomic mass is 10.0. The second kappa shape index (κ2) is 8.10. The molecule has 9 heteroatoms. The molecular formula is C18H28N6O2S. The molecule has 0 atom stereocenters. The van der Waals surface area contributed by atoms with Crippen molar-refractivity contribution in [3.05, 3.63) is 12.5 Å². The van der Waals surface area contributed by atoms with E-state index in [9.17, 15) is 8.42 Å². The Labute approximate surface area is 160 Å². The first-order chi connectivity index (χ1) is 13.1. The van der Waals surface area contributed by atoms with E-state index < -0.39 is 10.0 Å². The second-order valence-corrected chi connectivity index (χ2v) is 9.60. The topological polar surface area (TPSA) is 93.0 Å². The Kier molecular flexibility index (Phi) is 5.58. The predicted octanol–water partition coefficient (Wildman–Crippen LogP) is 2.39. The van der Waals surface area contributed by atoms with Crippen molar-refractivity contribution in [2.75, 3.05) is 24.4 Å². The van der Waals surface area contributed by atoms with Crippen molar-refractivity contribution in [3.63, 3.8) is 0 Å². The van der Waals surface area contributed by atoms with Crippen molar-refractivity contribution >= 4 is 26.9 Å². The summed E-state index contributed by atoms with van der Waals surface area (Å²) < 4.78 is 30.0. The van der Waals surface area contributed by atoms with Crippen molar-refractivity contribution in [2.24, 2.45) is 0 Å². The van der Waals surface area contributed by atoms with Gasteiger partial charge in [-0.1, -0.05) is 25.7 Å². The fraction of sp³-hybridized carbons (Fsp3) is 0.722. The normalized spacial score (nSPS) is 20.1. The molecule has 0 unspecified atom stereocenters. The van der Waals surface area contributed by atoms with Crippen molar-refractivity contribution in [3.8, 4) is 0 Å². The largest absolute Gasteiger partial charge is 0.301 e. The number of likely N-dealkylation sites (tertiary alicyclic amines) is 1. The fourth-order valence-electron chi connectivity index (χ4n) is 4.15. The van der Waals surface area contributed by atoms with E-state index in [0.29, 0.717) is 16.9 Å². The van der Waals surface area contributed by atoms with E-state index in [4.69, 9.17) is 0 Å². The van der Waals surface area contributed by atoms with Crippen LogP contribution in [0.25, 0.3) is 11.0 Å². The summed E-state index contributed by atoms with van der Waals surface area (Å²) >= 11 is 0. The van der Waals surface area contributed by atoms with Crippen LogP contribution in [0.3, 0.4) is 0 Å². The average Bonchev–Trinajstić information content (AvgIpc) is 3.12. The Morgan fingerprint density at radius 3 is 2.52 bits per heavy atom. The SMILES string of the molecule is O=S(=O)(Nc1ncnc2c1cnn2CCN1CCCCC1)C1CCCCC1. The van der Waals surface area contributed by atoms with Crippen LogP contribution < -0.4 is 4.72 Å². The number of hydrogen-bond acceptors (Lipinski definition) is 6. The molecule has 27 heavy (non-hydrogen) atoms. The molecule has 1 saturated carbocycles. The third-order valence-electron chi connectivity index (χ3n) is 5.74. The van der Waals surface area contributed by atoms with Crippen LogP contribution in [-0.4, -0.2) is 58.0 Å². The molecule has 2 fully saturated rings. The molecule has 2 aromatic heterocycles. The van der Waals surface area contributed by atoms with Crippen LogP contribution in [0, 0.1) is 0 Å². The second-order valence-electron chi connectivity index (χ2n) is 7.64. The molecule has 4 rings (SSSR count). The average molecular weight is 393 g/mol. The minimum atomic E-state index is -3.43. The molecule has 0 spiro atoms. The van der Waals surface area contributed by atoms with Gasteiger partial charge in [0, 0.05) is 6.54 Å². The van der Waals surface area contributed by atoms with Gasteiger partial charge in [-0.15, -0.1) is 0 Å². The summed E-state index contributed by atoms with van der Waals surface area (Å²) in [6.45, 7) is 3.96. The van der Waals surface area contributed by atoms with Crippen LogP contribution >= 0.6 is 0 Å². The highest BCUT2D eigenvalue weighted by molar-refractivity contribution is 7.93. The molecule has 1 aliphatic heterocycles. The van der Waals surface area contributed by atoms with Crippen LogP contribution in [0.1, 0.15) is 51.4 Å². The van der Waals surface area contributed by atoms with Gasteiger partial charge < -0.3 is 4.90 Å². The van der Waals surface area contributed by atoms with E-state index in [1.165, 1.54) is 25.6 Å². The lowest BCUT2D eigenvalue weighted by Crippen LogP contribution is -2.32. The van der Waals surface area contributed by atoms with Gasteiger partial charge in [0.05, 0.1) is 23.4 Å². The number of sulfonamides is 1. The van der Waals surface area contributed by atoms with Gasteiger partial charge in [0.25, 0.3) is 0 Å².